The van der Waals surface area contributed by atoms with Crippen LogP contribution in [0.1, 0.15) is 51.9 Å². The standard InChI is InChI=1S/C12H24O2/c1-2-5-12(14)11-7-4-3-6-10(11)8-9-13/h10-14H,2-9H2,1H3. The van der Waals surface area contributed by atoms with Crippen LogP contribution in [-0.4, -0.2) is 22.9 Å². The Balaban J connectivity index is 2.44. The number of hydrogen-bond acceptors (Lipinski definition) is 2. The van der Waals surface area contributed by atoms with Crippen LogP contribution in [0, 0.1) is 11.8 Å². The van der Waals surface area contributed by atoms with Gasteiger partial charge in [-0.1, -0.05) is 32.6 Å². The second-order valence-corrected chi connectivity index (χ2v) is 4.58. The van der Waals surface area contributed by atoms with Crippen LogP contribution in [-0.2, 0) is 0 Å². The second-order valence-electron chi connectivity index (χ2n) is 4.58. The molecule has 1 rings (SSSR count). The molecule has 1 saturated carbocycles. The van der Waals surface area contributed by atoms with E-state index in [1.165, 1.54) is 19.3 Å². The van der Waals surface area contributed by atoms with Crippen molar-refractivity contribution < 1.29 is 10.2 Å². The summed E-state index contributed by atoms with van der Waals surface area (Å²) in [6.45, 7) is 2.40. The summed E-state index contributed by atoms with van der Waals surface area (Å²) in [7, 11) is 0. The molecular weight excluding hydrogens is 176 g/mol. The van der Waals surface area contributed by atoms with Crippen molar-refractivity contribution in [2.45, 2.75) is 58.0 Å². The van der Waals surface area contributed by atoms with Crippen molar-refractivity contribution in [2.24, 2.45) is 11.8 Å². The highest BCUT2D eigenvalue weighted by atomic mass is 16.3. The summed E-state index contributed by atoms with van der Waals surface area (Å²) in [6, 6.07) is 0. The Morgan fingerprint density at radius 2 is 2.00 bits per heavy atom. The third kappa shape index (κ3) is 3.25. The lowest BCUT2D eigenvalue weighted by Crippen LogP contribution is -2.31. The molecule has 2 N–H and O–H groups in total. The van der Waals surface area contributed by atoms with Gasteiger partial charge in [-0.25, -0.2) is 0 Å². The van der Waals surface area contributed by atoms with Crippen molar-refractivity contribution in [3.8, 4) is 0 Å². The van der Waals surface area contributed by atoms with Crippen LogP contribution in [0.25, 0.3) is 0 Å². The van der Waals surface area contributed by atoms with Crippen molar-refractivity contribution in [3.63, 3.8) is 0 Å². The summed E-state index contributed by atoms with van der Waals surface area (Å²) in [6.07, 6.45) is 7.63. The average molecular weight is 200 g/mol. The van der Waals surface area contributed by atoms with E-state index in [9.17, 15) is 5.11 Å². The SMILES string of the molecule is CCCC(O)C1CCCCC1CCO. The maximum absolute atomic E-state index is 9.99. The van der Waals surface area contributed by atoms with Gasteiger partial charge in [-0.05, 0) is 31.1 Å². The number of hydrogen-bond donors (Lipinski definition) is 2. The quantitative estimate of drug-likeness (QED) is 0.715. The third-order valence-corrected chi connectivity index (χ3v) is 3.55. The molecule has 0 aliphatic heterocycles. The molecule has 0 spiro atoms. The normalized spacial score (nSPS) is 30.2. The highest BCUT2D eigenvalue weighted by molar-refractivity contribution is 4.80. The molecular formula is C12H24O2. The number of rotatable bonds is 5. The minimum atomic E-state index is -0.128. The first-order chi connectivity index (χ1) is 6.79. The fraction of sp³-hybridized carbons (Fsp3) is 1.00. The van der Waals surface area contributed by atoms with Crippen LogP contribution in [0.5, 0.6) is 0 Å². The van der Waals surface area contributed by atoms with Gasteiger partial charge >= 0.3 is 0 Å². The Hall–Kier alpha value is -0.0800. The van der Waals surface area contributed by atoms with Crippen LogP contribution in [0.4, 0.5) is 0 Å². The van der Waals surface area contributed by atoms with Gasteiger partial charge < -0.3 is 10.2 Å². The van der Waals surface area contributed by atoms with Crippen LogP contribution in [0.2, 0.25) is 0 Å². The summed E-state index contributed by atoms with van der Waals surface area (Å²) in [5.41, 5.74) is 0. The zero-order valence-corrected chi connectivity index (χ0v) is 9.28. The van der Waals surface area contributed by atoms with Crippen LogP contribution < -0.4 is 0 Å². The van der Waals surface area contributed by atoms with E-state index in [-0.39, 0.29) is 12.7 Å². The molecule has 0 radical (unpaired) electrons. The molecule has 1 aliphatic carbocycles. The molecule has 0 amide bonds. The fourth-order valence-corrected chi connectivity index (χ4v) is 2.78. The predicted molar refractivity (Wildman–Crippen MR) is 58.1 cm³/mol. The van der Waals surface area contributed by atoms with Gasteiger partial charge in [-0.2, -0.15) is 0 Å². The molecule has 3 unspecified atom stereocenters. The van der Waals surface area contributed by atoms with Gasteiger partial charge in [-0.3, -0.25) is 0 Å². The summed E-state index contributed by atoms with van der Waals surface area (Å²) in [5, 5.41) is 19.0. The van der Waals surface area contributed by atoms with Gasteiger partial charge in [0, 0.05) is 6.61 Å². The van der Waals surface area contributed by atoms with E-state index in [2.05, 4.69) is 6.92 Å². The molecule has 0 bridgehead atoms. The summed E-state index contributed by atoms with van der Waals surface area (Å²) < 4.78 is 0. The summed E-state index contributed by atoms with van der Waals surface area (Å²) >= 11 is 0. The van der Waals surface area contributed by atoms with Gasteiger partial charge in [-0.15, -0.1) is 0 Å². The van der Waals surface area contributed by atoms with Crippen LogP contribution in [0.3, 0.4) is 0 Å². The zero-order chi connectivity index (χ0) is 10.4. The minimum Gasteiger partial charge on any atom is -0.396 e. The second kappa shape index (κ2) is 6.41. The number of aliphatic hydroxyl groups excluding tert-OH is 2. The molecule has 1 aliphatic rings. The van der Waals surface area contributed by atoms with Crippen molar-refractivity contribution in [3.05, 3.63) is 0 Å². The van der Waals surface area contributed by atoms with E-state index < -0.39 is 0 Å². The smallest absolute Gasteiger partial charge is 0.0571 e. The molecule has 14 heavy (non-hydrogen) atoms. The van der Waals surface area contributed by atoms with Crippen molar-refractivity contribution in [1.82, 2.24) is 0 Å². The molecule has 2 heteroatoms. The van der Waals surface area contributed by atoms with E-state index >= 15 is 0 Å². The summed E-state index contributed by atoms with van der Waals surface area (Å²) in [5.74, 6) is 1.02. The lowest BCUT2D eigenvalue weighted by Gasteiger charge is -2.34. The van der Waals surface area contributed by atoms with Crippen LogP contribution in [0.15, 0.2) is 0 Å². The van der Waals surface area contributed by atoms with Gasteiger partial charge in [0.15, 0.2) is 0 Å². The maximum atomic E-state index is 9.99. The Bertz CT molecular complexity index is 145. The van der Waals surface area contributed by atoms with Gasteiger partial charge in [0.1, 0.15) is 0 Å². The molecule has 3 atom stereocenters. The average Bonchev–Trinajstić information content (AvgIpc) is 2.19. The monoisotopic (exact) mass is 200 g/mol. The lowest BCUT2D eigenvalue weighted by atomic mass is 9.74. The van der Waals surface area contributed by atoms with E-state index in [1.54, 1.807) is 0 Å². The van der Waals surface area contributed by atoms with Gasteiger partial charge in [0.2, 0.25) is 0 Å². The molecule has 0 aromatic carbocycles. The van der Waals surface area contributed by atoms with E-state index in [1.807, 2.05) is 0 Å². The Morgan fingerprint density at radius 3 is 2.64 bits per heavy atom. The summed E-state index contributed by atoms with van der Waals surface area (Å²) in [4.78, 5) is 0. The highest BCUT2D eigenvalue weighted by Gasteiger charge is 2.29. The molecule has 1 fully saturated rings. The van der Waals surface area contributed by atoms with E-state index in [0.29, 0.717) is 11.8 Å². The fourth-order valence-electron chi connectivity index (χ4n) is 2.78. The highest BCUT2D eigenvalue weighted by Crippen LogP contribution is 2.35. The molecule has 0 aromatic rings. The molecule has 84 valence electrons. The zero-order valence-electron chi connectivity index (χ0n) is 9.28. The van der Waals surface area contributed by atoms with Gasteiger partial charge in [0.05, 0.1) is 6.10 Å². The van der Waals surface area contributed by atoms with Crippen molar-refractivity contribution >= 4 is 0 Å². The molecule has 0 saturated heterocycles. The van der Waals surface area contributed by atoms with Crippen molar-refractivity contribution in [1.29, 1.82) is 0 Å². The Morgan fingerprint density at radius 1 is 1.29 bits per heavy atom. The van der Waals surface area contributed by atoms with Gasteiger partial charge in [0.25, 0.3) is 0 Å². The molecule has 0 aromatic heterocycles. The van der Waals surface area contributed by atoms with Crippen LogP contribution >= 0.6 is 0 Å². The molecule has 2 nitrogen and oxygen atoms in total. The first-order valence-electron chi connectivity index (χ1n) is 6.08. The first-order valence-corrected chi connectivity index (χ1v) is 6.08. The molecule has 0 heterocycles. The Kier molecular flexibility index (Phi) is 5.49. The van der Waals surface area contributed by atoms with E-state index in [4.69, 9.17) is 5.11 Å². The minimum absolute atomic E-state index is 0.128. The maximum Gasteiger partial charge on any atom is 0.0571 e. The third-order valence-electron chi connectivity index (χ3n) is 3.55. The lowest BCUT2D eigenvalue weighted by molar-refractivity contribution is 0.0322. The largest absolute Gasteiger partial charge is 0.396 e. The van der Waals surface area contributed by atoms with E-state index in [0.717, 1.165) is 25.7 Å². The predicted octanol–water partition coefficient (Wildman–Crippen LogP) is 2.34. The Labute approximate surface area is 87.3 Å². The van der Waals surface area contributed by atoms with Crippen molar-refractivity contribution in [2.75, 3.05) is 6.61 Å². The first kappa shape index (κ1) is 12.0. The topological polar surface area (TPSA) is 40.5 Å². The number of aliphatic hydroxyl groups is 2.